The molecule has 0 atom stereocenters. The molecule has 9 aromatic carbocycles. The Balaban J connectivity index is 1.11. The van der Waals surface area contributed by atoms with E-state index in [-0.39, 0.29) is 0 Å². The maximum atomic E-state index is 5.39. The van der Waals surface area contributed by atoms with Crippen LogP contribution in [0.25, 0.3) is 78.5 Å². The predicted octanol–water partition coefficient (Wildman–Crippen LogP) is 14.2. The van der Waals surface area contributed by atoms with Crippen molar-refractivity contribution in [1.82, 2.24) is 19.1 Å². The number of rotatable bonds is 5. The third kappa shape index (κ3) is 5.09. The molecule has 0 N–H and O–H groups in total. The second-order valence-electron chi connectivity index (χ2n) is 16.1. The molecule has 4 nitrogen and oxygen atoms in total. The van der Waals surface area contributed by atoms with Crippen LogP contribution >= 0.6 is 11.8 Å². The number of hydrogen-bond acceptors (Lipinski definition) is 3. The molecule has 1 spiro atoms. The molecule has 290 valence electrons. The van der Waals surface area contributed by atoms with Gasteiger partial charge >= 0.3 is 0 Å². The van der Waals surface area contributed by atoms with Crippen molar-refractivity contribution in [2.45, 2.75) is 15.2 Å². The lowest BCUT2D eigenvalue weighted by molar-refractivity contribution is 0.722. The molecule has 2 aromatic heterocycles. The maximum Gasteiger partial charge on any atom is 0.145 e. The Bertz CT molecular complexity index is 3380. The standard InChI is InChI=1S/C57H36N4S/c1-3-17-41(18-4-1)60-51-27-13-11-25-49(51)58-55(60)39-33-38(34-40(35-39)56-59-50-26-12-14-28-52(50)61(56)42-19-5-2-6-20-42)37-31-32-44-43-21-7-8-22-45(43)57(48(44)36-37)46-23-9-15-29-53(46)62-54-30-16-10-24-47(54)57/h1-36H. The van der Waals surface area contributed by atoms with E-state index in [1.165, 1.54) is 43.2 Å². The lowest BCUT2D eigenvalue weighted by Gasteiger charge is -2.39. The van der Waals surface area contributed by atoms with Gasteiger partial charge in [0.2, 0.25) is 0 Å². The molecule has 13 rings (SSSR count). The SMILES string of the molecule is c1ccc(-n2c(-c3cc(-c4ccc5c(c4)C4(c6ccccc6Sc6ccccc64)c4ccccc4-5)cc(-c4nc5ccccc5n4-c4ccccc4)c3)nc3ccccc32)cc1. The van der Waals surface area contributed by atoms with Gasteiger partial charge in [0, 0.05) is 32.3 Å². The highest BCUT2D eigenvalue weighted by molar-refractivity contribution is 7.99. The molecule has 11 aromatic rings. The zero-order chi connectivity index (χ0) is 40.8. The molecule has 1 aliphatic carbocycles. The van der Waals surface area contributed by atoms with Gasteiger partial charge in [-0.25, -0.2) is 9.97 Å². The van der Waals surface area contributed by atoms with Gasteiger partial charge in [-0.3, -0.25) is 9.13 Å². The summed E-state index contributed by atoms with van der Waals surface area (Å²) in [6.45, 7) is 0. The predicted molar refractivity (Wildman–Crippen MR) is 253 cm³/mol. The molecule has 1 aliphatic heterocycles. The smallest absolute Gasteiger partial charge is 0.145 e. The molecule has 2 aliphatic rings. The Morgan fingerprint density at radius 3 is 1.37 bits per heavy atom. The number of aromatic nitrogens is 4. The monoisotopic (exact) mass is 808 g/mol. The Hall–Kier alpha value is -7.73. The lowest BCUT2D eigenvalue weighted by Crippen LogP contribution is -2.31. The molecule has 0 radical (unpaired) electrons. The van der Waals surface area contributed by atoms with Gasteiger partial charge in [-0.05, 0) is 129 Å². The van der Waals surface area contributed by atoms with Crippen LogP contribution in [-0.4, -0.2) is 19.1 Å². The van der Waals surface area contributed by atoms with E-state index in [9.17, 15) is 0 Å². The normalized spacial score (nSPS) is 13.2. The summed E-state index contributed by atoms with van der Waals surface area (Å²) < 4.78 is 4.58. The van der Waals surface area contributed by atoms with E-state index in [0.29, 0.717) is 0 Å². The van der Waals surface area contributed by atoms with Gasteiger partial charge in [0.25, 0.3) is 0 Å². The Kier molecular flexibility index (Phi) is 7.72. The molecule has 0 saturated carbocycles. The van der Waals surface area contributed by atoms with Crippen molar-refractivity contribution < 1.29 is 0 Å². The van der Waals surface area contributed by atoms with Crippen LogP contribution in [0.1, 0.15) is 22.3 Å². The van der Waals surface area contributed by atoms with Crippen LogP contribution in [-0.2, 0) is 5.41 Å². The van der Waals surface area contributed by atoms with E-state index >= 15 is 0 Å². The van der Waals surface area contributed by atoms with Crippen LogP contribution in [0.15, 0.2) is 228 Å². The second kappa shape index (κ2) is 13.6. The molecule has 0 fully saturated rings. The van der Waals surface area contributed by atoms with Crippen LogP contribution in [0.2, 0.25) is 0 Å². The van der Waals surface area contributed by atoms with E-state index < -0.39 is 5.41 Å². The van der Waals surface area contributed by atoms with E-state index in [1.54, 1.807) is 0 Å². The average Bonchev–Trinajstić information content (AvgIpc) is 4.02. The lowest BCUT2D eigenvalue weighted by atomic mass is 9.67. The van der Waals surface area contributed by atoms with Gasteiger partial charge in [-0.2, -0.15) is 0 Å². The van der Waals surface area contributed by atoms with Gasteiger partial charge in [-0.15, -0.1) is 0 Å². The highest BCUT2D eigenvalue weighted by Gasteiger charge is 2.50. The fourth-order valence-corrected chi connectivity index (χ4v) is 11.4. The first-order valence-electron chi connectivity index (χ1n) is 21.1. The van der Waals surface area contributed by atoms with E-state index in [1.807, 2.05) is 11.8 Å². The molecule has 5 heteroatoms. The molecule has 3 heterocycles. The summed E-state index contributed by atoms with van der Waals surface area (Å²) >= 11 is 1.88. The van der Waals surface area contributed by atoms with Gasteiger partial charge in [-0.1, -0.05) is 145 Å². The largest absolute Gasteiger partial charge is 0.292 e. The average molecular weight is 809 g/mol. The third-order valence-electron chi connectivity index (χ3n) is 12.8. The third-order valence-corrected chi connectivity index (χ3v) is 13.9. The van der Waals surface area contributed by atoms with Gasteiger partial charge in [0.05, 0.1) is 27.5 Å². The zero-order valence-corrected chi connectivity index (χ0v) is 34.3. The maximum absolute atomic E-state index is 5.39. The van der Waals surface area contributed by atoms with E-state index in [4.69, 9.17) is 9.97 Å². The summed E-state index contributed by atoms with van der Waals surface area (Å²) in [5.74, 6) is 1.75. The summed E-state index contributed by atoms with van der Waals surface area (Å²) in [6, 6.07) is 79.1. The highest BCUT2D eigenvalue weighted by atomic mass is 32.2. The summed E-state index contributed by atoms with van der Waals surface area (Å²) in [5.41, 5.74) is 17.7. The minimum Gasteiger partial charge on any atom is -0.292 e. The highest BCUT2D eigenvalue weighted by Crippen LogP contribution is 2.62. The molecule has 0 unspecified atom stereocenters. The number of hydrogen-bond donors (Lipinski definition) is 0. The fraction of sp³-hybridized carbons (Fsp3) is 0.0175. The van der Waals surface area contributed by atoms with Crippen LogP contribution in [0.4, 0.5) is 0 Å². The first-order valence-corrected chi connectivity index (χ1v) is 21.9. The second-order valence-corrected chi connectivity index (χ2v) is 17.2. The van der Waals surface area contributed by atoms with Gasteiger partial charge < -0.3 is 0 Å². The summed E-state index contributed by atoms with van der Waals surface area (Å²) in [4.78, 5) is 13.4. The quantitative estimate of drug-likeness (QED) is 0.174. The summed E-state index contributed by atoms with van der Waals surface area (Å²) in [6.07, 6.45) is 0. The minimum atomic E-state index is -0.483. The topological polar surface area (TPSA) is 35.6 Å². The van der Waals surface area contributed by atoms with Crippen molar-refractivity contribution >= 4 is 33.8 Å². The summed E-state index contributed by atoms with van der Waals surface area (Å²) in [5, 5.41) is 0. The number of benzene rings is 9. The Morgan fingerprint density at radius 1 is 0.339 bits per heavy atom. The fourth-order valence-electron chi connectivity index (χ4n) is 10.2. The van der Waals surface area contributed by atoms with Crippen molar-refractivity contribution in [3.8, 4) is 56.4 Å². The Morgan fingerprint density at radius 2 is 0.790 bits per heavy atom. The number of imidazole rings is 2. The van der Waals surface area contributed by atoms with Crippen LogP contribution in [0.3, 0.4) is 0 Å². The van der Waals surface area contributed by atoms with Crippen LogP contribution in [0.5, 0.6) is 0 Å². The van der Waals surface area contributed by atoms with Crippen LogP contribution in [0, 0.1) is 0 Å². The molecule has 0 amide bonds. The number of nitrogens with zero attached hydrogens (tertiary/aromatic N) is 4. The number of fused-ring (bicyclic) bond motifs is 11. The van der Waals surface area contributed by atoms with Crippen molar-refractivity contribution in [3.63, 3.8) is 0 Å². The first-order chi connectivity index (χ1) is 30.7. The van der Waals surface area contributed by atoms with Crippen molar-refractivity contribution in [2.24, 2.45) is 0 Å². The number of para-hydroxylation sites is 6. The molecule has 0 bridgehead atoms. The minimum absolute atomic E-state index is 0.483. The Labute approximate surface area is 363 Å². The van der Waals surface area contributed by atoms with Crippen molar-refractivity contribution in [1.29, 1.82) is 0 Å². The van der Waals surface area contributed by atoms with E-state index in [0.717, 1.165) is 67.3 Å². The van der Waals surface area contributed by atoms with E-state index in [2.05, 4.69) is 228 Å². The van der Waals surface area contributed by atoms with Crippen LogP contribution < -0.4 is 0 Å². The van der Waals surface area contributed by atoms with Gasteiger partial charge in [0.15, 0.2) is 0 Å². The molecular weight excluding hydrogens is 773 g/mol. The molecule has 62 heavy (non-hydrogen) atoms. The van der Waals surface area contributed by atoms with Crippen molar-refractivity contribution in [2.75, 3.05) is 0 Å². The van der Waals surface area contributed by atoms with Gasteiger partial charge in [0.1, 0.15) is 11.6 Å². The first kappa shape index (κ1) is 35.1. The zero-order valence-electron chi connectivity index (χ0n) is 33.5. The molecule has 0 saturated heterocycles. The van der Waals surface area contributed by atoms with Crippen molar-refractivity contribution in [3.05, 3.63) is 241 Å². The molecular formula is C57H36N4S. The summed E-state index contributed by atoms with van der Waals surface area (Å²) in [7, 11) is 0.